The summed E-state index contributed by atoms with van der Waals surface area (Å²) in [6.45, 7) is 1.01. The van der Waals surface area contributed by atoms with E-state index in [0.29, 0.717) is 29.6 Å². The SMILES string of the molecule is O=C(Nc1ccn(Cc2ccc(Cl)cc2)n1)c1ccc(COc2ccccc2Br)cc1. The molecule has 0 radical (unpaired) electrons. The maximum Gasteiger partial charge on any atom is 0.256 e. The molecule has 0 fully saturated rings. The van der Waals surface area contributed by atoms with E-state index in [-0.39, 0.29) is 5.91 Å². The predicted octanol–water partition coefficient (Wildman–Crippen LogP) is 6.18. The number of carbonyl (C=O) groups is 1. The average molecular weight is 497 g/mol. The van der Waals surface area contributed by atoms with Gasteiger partial charge in [-0.25, -0.2) is 0 Å². The Kier molecular flexibility index (Phi) is 6.70. The molecular formula is C24H19BrClN3O2. The molecule has 0 saturated carbocycles. The number of nitrogens with zero attached hydrogens (tertiary/aromatic N) is 2. The lowest BCUT2D eigenvalue weighted by Crippen LogP contribution is -2.13. The Balaban J connectivity index is 1.33. The monoisotopic (exact) mass is 495 g/mol. The van der Waals surface area contributed by atoms with Gasteiger partial charge in [0, 0.05) is 22.8 Å². The van der Waals surface area contributed by atoms with Gasteiger partial charge in [-0.2, -0.15) is 5.10 Å². The maximum absolute atomic E-state index is 12.5. The molecule has 0 spiro atoms. The van der Waals surface area contributed by atoms with Crippen molar-refractivity contribution in [1.82, 2.24) is 9.78 Å². The molecule has 0 bridgehead atoms. The molecule has 1 heterocycles. The lowest BCUT2D eigenvalue weighted by molar-refractivity contribution is 0.102. The van der Waals surface area contributed by atoms with Crippen molar-refractivity contribution in [2.75, 3.05) is 5.32 Å². The van der Waals surface area contributed by atoms with Crippen LogP contribution in [0.3, 0.4) is 0 Å². The van der Waals surface area contributed by atoms with Gasteiger partial charge in [0.15, 0.2) is 5.82 Å². The van der Waals surface area contributed by atoms with Crippen molar-refractivity contribution in [2.45, 2.75) is 13.2 Å². The predicted molar refractivity (Wildman–Crippen MR) is 126 cm³/mol. The minimum Gasteiger partial charge on any atom is -0.488 e. The van der Waals surface area contributed by atoms with E-state index in [4.69, 9.17) is 16.3 Å². The number of amides is 1. The highest BCUT2D eigenvalue weighted by atomic mass is 79.9. The highest BCUT2D eigenvalue weighted by Crippen LogP contribution is 2.24. The van der Waals surface area contributed by atoms with Crippen LogP contribution in [-0.4, -0.2) is 15.7 Å². The van der Waals surface area contributed by atoms with E-state index in [0.717, 1.165) is 21.3 Å². The van der Waals surface area contributed by atoms with Crippen LogP contribution in [0, 0.1) is 0 Å². The number of ether oxygens (including phenoxy) is 1. The standard InChI is InChI=1S/C24H19BrClN3O2/c25-21-3-1-2-4-22(21)31-16-18-5-9-19(10-6-18)24(30)27-23-13-14-29(28-23)15-17-7-11-20(26)12-8-17/h1-14H,15-16H2,(H,27,28,30). The summed E-state index contributed by atoms with van der Waals surface area (Å²) in [4.78, 5) is 12.5. The Hall–Kier alpha value is -3.09. The van der Waals surface area contributed by atoms with Gasteiger partial charge in [0.25, 0.3) is 5.91 Å². The van der Waals surface area contributed by atoms with Crippen LogP contribution < -0.4 is 10.1 Å². The number of aromatic nitrogens is 2. The summed E-state index contributed by atoms with van der Waals surface area (Å²) in [6.07, 6.45) is 1.83. The first-order valence-corrected chi connectivity index (χ1v) is 10.8. The molecule has 1 N–H and O–H groups in total. The molecule has 5 nitrogen and oxygen atoms in total. The summed E-state index contributed by atoms with van der Waals surface area (Å²) in [5.74, 6) is 1.06. The maximum atomic E-state index is 12.5. The molecule has 4 aromatic rings. The lowest BCUT2D eigenvalue weighted by atomic mass is 10.1. The summed E-state index contributed by atoms with van der Waals surface area (Å²) in [7, 11) is 0. The van der Waals surface area contributed by atoms with Gasteiger partial charge in [-0.3, -0.25) is 9.48 Å². The van der Waals surface area contributed by atoms with E-state index in [2.05, 4.69) is 26.3 Å². The Labute approximate surface area is 193 Å². The fourth-order valence-electron chi connectivity index (χ4n) is 2.96. The molecule has 1 aromatic heterocycles. The van der Waals surface area contributed by atoms with Crippen LogP contribution in [0.5, 0.6) is 5.75 Å². The molecule has 0 saturated heterocycles. The molecule has 4 rings (SSSR count). The number of benzene rings is 3. The highest BCUT2D eigenvalue weighted by Gasteiger charge is 2.09. The molecule has 31 heavy (non-hydrogen) atoms. The van der Waals surface area contributed by atoms with Crippen molar-refractivity contribution in [3.05, 3.63) is 111 Å². The fraction of sp³-hybridized carbons (Fsp3) is 0.0833. The fourth-order valence-corrected chi connectivity index (χ4v) is 3.48. The Morgan fingerprint density at radius 1 is 0.968 bits per heavy atom. The first-order valence-electron chi connectivity index (χ1n) is 9.62. The number of para-hydroxylation sites is 1. The van der Waals surface area contributed by atoms with Gasteiger partial charge < -0.3 is 10.1 Å². The first-order chi connectivity index (χ1) is 15.1. The van der Waals surface area contributed by atoms with Crippen LogP contribution in [0.2, 0.25) is 5.02 Å². The number of nitrogens with one attached hydrogen (secondary N) is 1. The number of carbonyl (C=O) groups excluding carboxylic acids is 1. The summed E-state index contributed by atoms with van der Waals surface area (Å²) in [5.41, 5.74) is 2.60. The second-order valence-electron chi connectivity index (χ2n) is 6.90. The first kappa shape index (κ1) is 21.2. The quantitative estimate of drug-likeness (QED) is 0.332. The van der Waals surface area contributed by atoms with Crippen molar-refractivity contribution in [3.63, 3.8) is 0 Å². The van der Waals surface area contributed by atoms with Crippen molar-refractivity contribution in [3.8, 4) is 5.75 Å². The molecule has 0 atom stereocenters. The number of hydrogen-bond donors (Lipinski definition) is 1. The highest BCUT2D eigenvalue weighted by molar-refractivity contribution is 9.10. The zero-order valence-electron chi connectivity index (χ0n) is 16.5. The number of rotatable bonds is 7. The average Bonchev–Trinajstić information content (AvgIpc) is 3.22. The molecule has 1 amide bonds. The van der Waals surface area contributed by atoms with Gasteiger partial charge >= 0.3 is 0 Å². The molecule has 156 valence electrons. The van der Waals surface area contributed by atoms with Gasteiger partial charge in [-0.15, -0.1) is 0 Å². The third kappa shape index (κ3) is 5.75. The Morgan fingerprint density at radius 3 is 2.42 bits per heavy atom. The summed E-state index contributed by atoms with van der Waals surface area (Å²) in [6, 6.07) is 24.4. The minimum absolute atomic E-state index is 0.213. The van der Waals surface area contributed by atoms with E-state index in [1.807, 2.05) is 66.9 Å². The van der Waals surface area contributed by atoms with Crippen molar-refractivity contribution >= 4 is 39.3 Å². The summed E-state index contributed by atoms with van der Waals surface area (Å²) < 4.78 is 8.48. The topological polar surface area (TPSA) is 56.2 Å². The molecular weight excluding hydrogens is 478 g/mol. The van der Waals surface area contributed by atoms with Gasteiger partial charge in [0.2, 0.25) is 0 Å². The van der Waals surface area contributed by atoms with Crippen LogP contribution in [0.15, 0.2) is 89.5 Å². The number of anilines is 1. The lowest BCUT2D eigenvalue weighted by Gasteiger charge is -2.08. The number of hydrogen-bond acceptors (Lipinski definition) is 3. The van der Waals surface area contributed by atoms with Crippen LogP contribution in [0.25, 0.3) is 0 Å². The smallest absolute Gasteiger partial charge is 0.256 e. The van der Waals surface area contributed by atoms with Crippen LogP contribution >= 0.6 is 27.5 Å². The van der Waals surface area contributed by atoms with E-state index in [1.165, 1.54) is 0 Å². The molecule has 3 aromatic carbocycles. The van der Waals surface area contributed by atoms with E-state index >= 15 is 0 Å². The molecule has 0 aliphatic carbocycles. The zero-order chi connectivity index (χ0) is 21.6. The van der Waals surface area contributed by atoms with Crippen LogP contribution in [0.4, 0.5) is 5.82 Å². The normalized spacial score (nSPS) is 10.6. The largest absolute Gasteiger partial charge is 0.488 e. The molecule has 0 aliphatic rings. The van der Waals surface area contributed by atoms with E-state index < -0.39 is 0 Å². The zero-order valence-corrected chi connectivity index (χ0v) is 18.8. The Morgan fingerprint density at radius 2 is 1.68 bits per heavy atom. The molecule has 7 heteroatoms. The Bertz CT molecular complexity index is 1170. The molecule has 0 aliphatic heterocycles. The van der Waals surface area contributed by atoms with Gasteiger partial charge in [-0.05, 0) is 63.5 Å². The van der Waals surface area contributed by atoms with E-state index in [1.54, 1.807) is 22.9 Å². The van der Waals surface area contributed by atoms with Crippen molar-refractivity contribution in [1.29, 1.82) is 0 Å². The van der Waals surface area contributed by atoms with Crippen molar-refractivity contribution < 1.29 is 9.53 Å². The van der Waals surface area contributed by atoms with Gasteiger partial charge in [0.05, 0.1) is 11.0 Å². The summed E-state index contributed by atoms with van der Waals surface area (Å²) in [5, 5.41) is 7.94. The van der Waals surface area contributed by atoms with Gasteiger partial charge in [0.1, 0.15) is 12.4 Å². The van der Waals surface area contributed by atoms with Crippen LogP contribution in [0.1, 0.15) is 21.5 Å². The van der Waals surface area contributed by atoms with Crippen molar-refractivity contribution in [2.24, 2.45) is 0 Å². The number of halogens is 2. The third-order valence-electron chi connectivity index (χ3n) is 4.59. The second kappa shape index (κ2) is 9.81. The third-order valence-corrected chi connectivity index (χ3v) is 5.49. The molecule has 0 unspecified atom stereocenters. The minimum atomic E-state index is -0.213. The second-order valence-corrected chi connectivity index (χ2v) is 8.19. The van der Waals surface area contributed by atoms with Crippen LogP contribution in [-0.2, 0) is 13.2 Å². The van der Waals surface area contributed by atoms with Gasteiger partial charge in [-0.1, -0.05) is 48.0 Å². The van der Waals surface area contributed by atoms with E-state index in [9.17, 15) is 4.79 Å². The summed E-state index contributed by atoms with van der Waals surface area (Å²) >= 11 is 9.38.